The van der Waals surface area contributed by atoms with Gasteiger partial charge in [-0.25, -0.2) is 0 Å². The Labute approximate surface area is 162 Å². The molecule has 0 aromatic heterocycles. The molecular weight excluding hydrogens is 338 g/mol. The number of carbonyl (C=O) groups is 2. The molecule has 1 N–H and O–H groups in total. The molecule has 4 rings (SSSR count). The van der Waals surface area contributed by atoms with E-state index in [2.05, 4.69) is 15.1 Å². The summed E-state index contributed by atoms with van der Waals surface area (Å²) in [5, 5.41) is 3.24. The predicted octanol–water partition coefficient (Wildman–Crippen LogP) is 2.81. The average Bonchev–Trinajstić information content (AvgIpc) is 2.70. The third-order valence-electron chi connectivity index (χ3n) is 6.52. The SMILES string of the molecule is O=C(NC1C[C@H]2CCC[C@@H](C1)N2CC(=O)N1CCCCC1)c1ccccc1. The molecule has 5 nitrogen and oxygen atoms in total. The van der Waals surface area contributed by atoms with Gasteiger partial charge in [0.15, 0.2) is 0 Å². The molecule has 3 saturated heterocycles. The van der Waals surface area contributed by atoms with E-state index < -0.39 is 0 Å². The number of rotatable bonds is 4. The number of fused-ring (bicyclic) bond motifs is 2. The summed E-state index contributed by atoms with van der Waals surface area (Å²) in [7, 11) is 0. The van der Waals surface area contributed by atoms with Gasteiger partial charge in [0.25, 0.3) is 5.91 Å². The fourth-order valence-corrected chi connectivity index (χ4v) is 5.11. The third kappa shape index (κ3) is 4.34. The number of hydrogen-bond acceptors (Lipinski definition) is 3. The first-order valence-corrected chi connectivity index (χ1v) is 10.6. The molecule has 0 spiro atoms. The highest BCUT2D eigenvalue weighted by Crippen LogP contribution is 2.34. The Morgan fingerprint density at radius 1 is 0.926 bits per heavy atom. The molecule has 5 heteroatoms. The van der Waals surface area contributed by atoms with E-state index in [1.54, 1.807) is 0 Å². The Bertz CT molecular complexity index is 643. The maximum atomic E-state index is 12.8. The van der Waals surface area contributed by atoms with Crippen molar-refractivity contribution < 1.29 is 9.59 Å². The lowest BCUT2D eigenvalue weighted by atomic mass is 9.81. The van der Waals surface area contributed by atoms with E-state index in [1.807, 2.05) is 30.3 Å². The Hall–Kier alpha value is -1.88. The van der Waals surface area contributed by atoms with Crippen molar-refractivity contribution in [3.63, 3.8) is 0 Å². The highest BCUT2D eigenvalue weighted by atomic mass is 16.2. The van der Waals surface area contributed by atoms with E-state index in [4.69, 9.17) is 0 Å². The number of nitrogens with zero attached hydrogens (tertiary/aromatic N) is 2. The molecule has 1 aromatic carbocycles. The molecule has 1 aromatic rings. The van der Waals surface area contributed by atoms with Gasteiger partial charge >= 0.3 is 0 Å². The van der Waals surface area contributed by atoms with Gasteiger partial charge < -0.3 is 10.2 Å². The molecule has 3 atom stereocenters. The van der Waals surface area contributed by atoms with Crippen LogP contribution in [0.3, 0.4) is 0 Å². The zero-order valence-electron chi connectivity index (χ0n) is 16.1. The molecular formula is C22H31N3O2. The fourth-order valence-electron chi connectivity index (χ4n) is 5.11. The van der Waals surface area contributed by atoms with Crippen molar-refractivity contribution in [1.29, 1.82) is 0 Å². The van der Waals surface area contributed by atoms with Gasteiger partial charge in [0.1, 0.15) is 0 Å². The summed E-state index contributed by atoms with van der Waals surface area (Å²) in [6.07, 6.45) is 8.98. The molecule has 3 fully saturated rings. The topological polar surface area (TPSA) is 52.7 Å². The Kier molecular flexibility index (Phi) is 5.77. The van der Waals surface area contributed by atoms with E-state index in [-0.39, 0.29) is 11.9 Å². The highest BCUT2D eigenvalue weighted by molar-refractivity contribution is 5.94. The van der Waals surface area contributed by atoms with Crippen LogP contribution in [-0.4, -0.2) is 59.4 Å². The van der Waals surface area contributed by atoms with Gasteiger partial charge in [-0.1, -0.05) is 24.6 Å². The number of likely N-dealkylation sites (tertiary alicyclic amines) is 1. The van der Waals surface area contributed by atoms with Gasteiger partial charge in [-0.15, -0.1) is 0 Å². The summed E-state index contributed by atoms with van der Waals surface area (Å²) in [5.74, 6) is 0.329. The van der Waals surface area contributed by atoms with Crippen molar-refractivity contribution in [2.45, 2.75) is 69.5 Å². The number of piperidine rings is 3. The van der Waals surface area contributed by atoms with Crippen LogP contribution in [0.15, 0.2) is 30.3 Å². The van der Waals surface area contributed by atoms with Gasteiger partial charge in [-0.2, -0.15) is 0 Å². The van der Waals surface area contributed by atoms with Crippen LogP contribution in [0.25, 0.3) is 0 Å². The van der Waals surface area contributed by atoms with Crippen molar-refractivity contribution >= 4 is 11.8 Å². The molecule has 0 saturated carbocycles. The lowest BCUT2D eigenvalue weighted by molar-refractivity contribution is -0.136. The van der Waals surface area contributed by atoms with Crippen molar-refractivity contribution in [2.75, 3.05) is 19.6 Å². The second kappa shape index (κ2) is 8.42. The van der Waals surface area contributed by atoms with Crippen LogP contribution in [0.4, 0.5) is 0 Å². The molecule has 3 heterocycles. The van der Waals surface area contributed by atoms with Crippen LogP contribution in [0.2, 0.25) is 0 Å². The summed E-state index contributed by atoms with van der Waals surface area (Å²) in [5.41, 5.74) is 0.727. The maximum absolute atomic E-state index is 12.8. The van der Waals surface area contributed by atoms with Crippen LogP contribution < -0.4 is 5.32 Å². The summed E-state index contributed by atoms with van der Waals surface area (Å²) >= 11 is 0. The van der Waals surface area contributed by atoms with Crippen molar-refractivity contribution in [2.24, 2.45) is 0 Å². The first kappa shape index (κ1) is 18.5. The number of amides is 2. The van der Waals surface area contributed by atoms with E-state index in [0.29, 0.717) is 24.5 Å². The lowest BCUT2D eigenvalue weighted by Gasteiger charge is -2.49. The molecule has 1 unspecified atom stereocenters. The monoisotopic (exact) mass is 369 g/mol. The highest BCUT2D eigenvalue weighted by Gasteiger charge is 2.40. The Balaban J connectivity index is 1.36. The Morgan fingerprint density at radius 3 is 2.26 bits per heavy atom. The number of benzene rings is 1. The second-order valence-corrected chi connectivity index (χ2v) is 8.36. The summed E-state index contributed by atoms with van der Waals surface area (Å²) in [4.78, 5) is 29.8. The first-order chi connectivity index (χ1) is 13.2. The molecule has 0 radical (unpaired) electrons. The van der Waals surface area contributed by atoms with Gasteiger partial charge in [0.2, 0.25) is 5.91 Å². The number of hydrogen-bond donors (Lipinski definition) is 1. The summed E-state index contributed by atoms with van der Waals surface area (Å²) in [6, 6.07) is 10.5. The van der Waals surface area contributed by atoms with Crippen molar-refractivity contribution in [3.05, 3.63) is 35.9 Å². The van der Waals surface area contributed by atoms with Crippen LogP contribution in [0, 0.1) is 0 Å². The normalized spacial score (nSPS) is 28.6. The zero-order valence-corrected chi connectivity index (χ0v) is 16.1. The molecule has 0 aliphatic carbocycles. The summed E-state index contributed by atoms with van der Waals surface area (Å²) in [6.45, 7) is 2.42. The molecule has 146 valence electrons. The standard InChI is InChI=1S/C22H31N3O2/c26-21(24-12-5-2-6-13-24)16-25-19-10-7-11-20(25)15-18(14-19)23-22(27)17-8-3-1-4-9-17/h1,3-4,8-9,18-20H,2,5-7,10-16H2,(H,23,27)/t18?,19-,20+. The Morgan fingerprint density at radius 2 is 1.59 bits per heavy atom. The molecule has 3 aliphatic heterocycles. The minimum Gasteiger partial charge on any atom is -0.349 e. The second-order valence-electron chi connectivity index (χ2n) is 8.36. The summed E-state index contributed by atoms with van der Waals surface area (Å²) < 4.78 is 0. The predicted molar refractivity (Wildman–Crippen MR) is 105 cm³/mol. The molecule has 3 aliphatic rings. The van der Waals surface area contributed by atoms with Crippen molar-refractivity contribution in [3.8, 4) is 0 Å². The molecule has 2 bridgehead atoms. The van der Waals surface area contributed by atoms with E-state index in [9.17, 15) is 9.59 Å². The minimum absolute atomic E-state index is 0.0246. The van der Waals surface area contributed by atoms with Gasteiger partial charge in [0.05, 0.1) is 6.54 Å². The van der Waals surface area contributed by atoms with Crippen molar-refractivity contribution in [1.82, 2.24) is 15.1 Å². The number of nitrogens with one attached hydrogen (secondary N) is 1. The van der Waals surface area contributed by atoms with Crippen LogP contribution in [-0.2, 0) is 4.79 Å². The largest absolute Gasteiger partial charge is 0.349 e. The van der Waals surface area contributed by atoms with Crippen LogP contribution in [0.1, 0.15) is 61.7 Å². The third-order valence-corrected chi connectivity index (χ3v) is 6.52. The smallest absolute Gasteiger partial charge is 0.251 e. The lowest BCUT2D eigenvalue weighted by Crippen LogP contribution is -2.59. The first-order valence-electron chi connectivity index (χ1n) is 10.6. The molecule has 2 amide bonds. The van der Waals surface area contributed by atoms with E-state index in [1.165, 1.54) is 12.8 Å². The zero-order chi connectivity index (χ0) is 18.6. The minimum atomic E-state index is 0.0246. The van der Waals surface area contributed by atoms with Crippen LogP contribution in [0.5, 0.6) is 0 Å². The van der Waals surface area contributed by atoms with Gasteiger partial charge in [-0.05, 0) is 57.1 Å². The van der Waals surface area contributed by atoms with E-state index in [0.717, 1.165) is 57.2 Å². The van der Waals surface area contributed by atoms with Gasteiger partial charge in [-0.3, -0.25) is 14.5 Å². The number of carbonyl (C=O) groups excluding carboxylic acids is 2. The average molecular weight is 370 g/mol. The van der Waals surface area contributed by atoms with Gasteiger partial charge in [0, 0.05) is 36.8 Å². The quantitative estimate of drug-likeness (QED) is 0.888. The molecule has 27 heavy (non-hydrogen) atoms. The fraction of sp³-hybridized carbons (Fsp3) is 0.636. The van der Waals surface area contributed by atoms with Crippen LogP contribution >= 0.6 is 0 Å². The maximum Gasteiger partial charge on any atom is 0.251 e. The van der Waals surface area contributed by atoms with E-state index >= 15 is 0 Å².